The fourth-order valence-corrected chi connectivity index (χ4v) is 1.73. The molecule has 2 rings (SSSR count). The molecule has 20 heavy (non-hydrogen) atoms. The van der Waals surface area contributed by atoms with Crippen LogP contribution in [0.25, 0.3) is 0 Å². The van der Waals surface area contributed by atoms with Crippen molar-refractivity contribution < 1.29 is 9.47 Å². The van der Waals surface area contributed by atoms with Crippen LogP contribution in [0.2, 0.25) is 0 Å². The Morgan fingerprint density at radius 3 is 2.70 bits per heavy atom. The Morgan fingerprint density at radius 2 is 2.05 bits per heavy atom. The Morgan fingerprint density at radius 1 is 1.30 bits per heavy atom. The van der Waals surface area contributed by atoms with Gasteiger partial charge < -0.3 is 15.2 Å². The molecule has 0 radical (unpaired) electrons. The molecule has 2 aromatic rings. The molecule has 0 aliphatic heterocycles. The van der Waals surface area contributed by atoms with Gasteiger partial charge in [0.2, 0.25) is 0 Å². The Kier molecular flexibility index (Phi) is 4.50. The maximum Gasteiger partial charge on any atom is 0.165 e. The lowest BCUT2D eigenvalue weighted by Crippen LogP contribution is -2.01. The van der Waals surface area contributed by atoms with Crippen LogP contribution in [-0.2, 0) is 0 Å². The average molecular weight is 275 g/mol. The third-order valence-corrected chi connectivity index (χ3v) is 2.82. The van der Waals surface area contributed by atoms with Gasteiger partial charge in [-0.25, -0.2) is 0 Å². The summed E-state index contributed by atoms with van der Waals surface area (Å²) < 4.78 is 13.2. The molecule has 0 amide bonds. The second kappa shape index (κ2) is 6.32. The third-order valence-electron chi connectivity index (χ3n) is 2.82. The number of nitrogen functional groups attached to an aromatic ring is 1. The predicted molar refractivity (Wildman–Crippen MR) is 79.3 cm³/mol. The van der Waals surface area contributed by atoms with Crippen LogP contribution >= 0.6 is 0 Å². The van der Waals surface area contributed by atoms with Gasteiger partial charge in [0.25, 0.3) is 0 Å². The number of rotatable bonds is 6. The number of hydrogen-bond acceptors (Lipinski definition) is 4. The fourth-order valence-electron chi connectivity index (χ4n) is 1.73. The molecule has 1 aromatic carbocycles. The van der Waals surface area contributed by atoms with E-state index in [0.717, 1.165) is 6.42 Å². The third kappa shape index (κ3) is 3.23. The molecule has 0 atom stereocenters. The monoisotopic (exact) mass is 275 g/mol. The largest absolute Gasteiger partial charge is 0.491 e. The average Bonchev–Trinajstić information content (AvgIpc) is 2.88. The van der Waals surface area contributed by atoms with Gasteiger partial charge in [-0.1, -0.05) is 13.0 Å². The number of benzene rings is 1. The summed E-state index contributed by atoms with van der Waals surface area (Å²) in [7, 11) is 0. The molecule has 2 N–H and O–H groups in total. The van der Waals surface area contributed by atoms with Crippen molar-refractivity contribution >= 4 is 5.69 Å². The quantitative estimate of drug-likeness (QED) is 0.818. The maximum atomic E-state index is 6.06. The van der Waals surface area contributed by atoms with Crippen molar-refractivity contribution in [3.8, 4) is 17.2 Å². The molecule has 0 saturated heterocycles. The molecule has 0 fully saturated rings. The molecule has 0 spiro atoms. The van der Waals surface area contributed by atoms with E-state index >= 15 is 0 Å². The lowest BCUT2D eigenvalue weighted by Gasteiger charge is -2.11. The summed E-state index contributed by atoms with van der Waals surface area (Å²) in [4.78, 5) is 0. The highest BCUT2D eigenvalue weighted by atomic mass is 16.5. The molecule has 0 saturated carbocycles. The molecule has 108 valence electrons. The van der Waals surface area contributed by atoms with Gasteiger partial charge in [-0.3, -0.25) is 4.68 Å². The van der Waals surface area contributed by atoms with Gasteiger partial charge in [-0.05, 0) is 32.4 Å². The zero-order valence-corrected chi connectivity index (χ0v) is 12.2. The zero-order valence-electron chi connectivity index (χ0n) is 12.2. The minimum atomic E-state index is 0.295. The summed E-state index contributed by atoms with van der Waals surface area (Å²) >= 11 is 0. The van der Waals surface area contributed by atoms with E-state index in [9.17, 15) is 0 Å². The molecule has 5 heteroatoms. The van der Waals surface area contributed by atoms with Crippen molar-refractivity contribution in [2.45, 2.75) is 33.2 Å². The lowest BCUT2D eigenvalue weighted by atomic mass is 10.2. The molecule has 1 aromatic heterocycles. The van der Waals surface area contributed by atoms with Crippen molar-refractivity contribution in [2.24, 2.45) is 0 Å². The van der Waals surface area contributed by atoms with Crippen molar-refractivity contribution in [2.75, 3.05) is 12.3 Å². The maximum absolute atomic E-state index is 6.06. The summed E-state index contributed by atoms with van der Waals surface area (Å²) in [6, 6.07) is 5.82. The van der Waals surface area contributed by atoms with Crippen LogP contribution in [0.15, 0.2) is 30.6 Å². The van der Waals surface area contributed by atoms with E-state index in [1.807, 2.05) is 29.1 Å². The Bertz CT molecular complexity index is 564. The van der Waals surface area contributed by atoms with E-state index in [0.29, 0.717) is 35.6 Å². The molecule has 0 unspecified atom stereocenters. The first-order valence-corrected chi connectivity index (χ1v) is 6.85. The summed E-state index contributed by atoms with van der Waals surface area (Å²) in [6.45, 7) is 6.81. The van der Waals surface area contributed by atoms with Crippen molar-refractivity contribution in [3.63, 3.8) is 0 Å². The van der Waals surface area contributed by atoms with Crippen LogP contribution in [0.3, 0.4) is 0 Å². The van der Waals surface area contributed by atoms with E-state index in [2.05, 4.69) is 25.9 Å². The minimum Gasteiger partial charge on any atom is -0.491 e. The molecule has 1 heterocycles. The van der Waals surface area contributed by atoms with Gasteiger partial charge in [-0.2, -0.15) is 5.10 Å². The van der Waals surface area contributed by atoms with Gasteiger partial charge in [0.15, 0.2) is 11.5 Å². The summed E-state index contributed by atoms with van der Waals surface area (Å²) in [5, 5.41) is 4.23. The SMILES string of the molecule is CCCOc1cccc(Oc2cnn(C(C)C)c2)c1N. The van der Waals surface area contributed by atoms with Gasteiger partial charge >= 0.3 is 0 Å². The predicted octanol–water partition coefficient (Wildman–Crippen LogP) is 3.63. The summed E-state index contributed by atoms with van der Waals surface area (Å²) in [5.74, 6) is 1.90. The highest BCUT2D eigenvalue weighted by molar-refractivity contribution is 5.63. The molecule has 0 aliphatic carbocycles. The van der Waals surface area contributed by atoms with Crippen LogP contribution in [0.4, 0.5) is 5.69 Å². The first kappa shape index (κ1) is 14.2. The van der Waals surface area contributed by atoms with Crippen LogP contribution in [0.5, 0.6) is 17.2 Å². The lowest BCUT2D eigenvalue weighted by molar-refractivity contribution is 0.318. The molecule has 0 aliphatic rings. The Labute approximate surface area is 119 Å². The van der Waals surface area contributed by atoms with E-state index in [1.54, 1.807) is 6.20 Å². The van der Waals surface area contributed by atoms with Crippen LogP contribution in [0, 0.1) is 0 Å². The second-order valence-corrected chi connectivity index (χ2v) is 4.87. The summed E-state index contributed by atoms with van der Waals surface area (Å²) in [5.41, 5.74) is 6.57. The summed E-state index contributed by atoms with van der Waals surface area (Å²) in [6.07, 6.45) is 4.47. The zero-order chi connectivity index (χ0) is 14.5. The molecular weight excluding hydrogens is 254 g/mol. The minimum absolute atomic E-state index is 0.295. The highest BCUT2D eigenvalue weighted by Gasteiger charge is 2.10. The van der Waals surface area contributed by atoms with Crippen molar-refractivity contribution in [3.05, 3.63) is 30.6 Å². The highest BCUT2D eigenvalue weighted by Crippen LogP contribution is 2.34. The van der Waals surface area contributed by atoms with Crippen molar-refractivity contribution in [1.82, 2.24) is 9.78 Å². The van der Waals surface area contributed by atoms with Gasteiger partial charge in [0.05, 0.1) is 19.0 Å². The van der Waals surface area contributed by atoms with E-state index in [-0.39, 0.29) is 0 Å². The Hall–Kier alpha value is -2.17. The fraction of sp³-hybridized carbons (Fsp3) is 0.400. The van der Waals surface area contributed by atoms with E-state index < -0.39 is 0 Å². The first-order chi connectivity index (χ1) is 9.61. The number of para-hydroxylation sites is 1. The van der Waals surface area contributed by atoms with Gasteiger partial charge in [0.1, 0.15) is 11.4 Å². The number of nitrogens with two attached hydrogens (primary N) is 1. The molecule has 5 nitrogen and oxygen atoms in total. The van der Waals surface area contributed by atoms with Crippen LogP contribution in [0.1, 0.15) is 33.2 Å². The van der Waals surface area contributed by atoms with E-state index in [4.69, 9.17) is 15.2 Å². The molecule has 0 bridgehead atoms. The first-order valence-electron chi connectivity index (χ1n) is 6.85. The van der Waals surface area contributed by atoms with Gasteiger partial charge in [-0.15, -0.1) is 0 Å². The van der Waals surface area contributed by atoms with Crippen LogP contribution < -0.4 is 15.2 Å². The number of aromatic nitrogens is 2. The number of nitrogens with zero attached hydrogens (tertiary/aromatic N) is 2. The Balaban J connectivity index is 2.15. The van der Waals surface area contributed by atoms with Crippen LogP contribution in [-0.4, -0.2) is 16.4 Å². The topological polar surface area (TPSA) is 62.3 Å². The standard InChI is InChI=1S/C15H21N3O2/c1-4-8-19-13-6-5-7-14(15(13)16)20-12-9-17-18(10-12)11(2)3/h5-7,9-11H,4,8,16H2,1-3H3. The number of ether oxygens (including phenoxy) is 2. The van der Waals surface area contributed by atoms with E-state index in [1.165, 1.54) is 0 Å². The smallest absolute Gasteiger partial charge is 0.165 e. The molecular formula is C15H21N3O2. The number of hydrogen-bond donors (Lipinski definition) is 1. The van der Waals surface area contributed by atoms with Crippen molar-refractivity contribution in [1.29, 1.82) is 0 Å². The van der Waals surface area contributed by atoms with Gasteiger partial charge in [0, 0.05) is 6.04 Å². The number of anilines is 1. The normalized spacial score (nSPS) is 10.8. The second-order valence-electron chi connectivity index (χ2n) is 4.87.